The van der Waals surface area contributed by atoms with Crippen LogP contribution in [0.1, 0.15) is 28.3 Å². The summed E-state index contributed by atoms with van der Waals surface area (Å²) in [7, 11) is 0. The van der Waals surface area contributed by atoms with Gasteiger partial charge in [-0.25, -0.2) is 4.79 Å². The molecule has 1 aliphatic rings. The van der Waals surface area contributed by atoms with Crippen LogP contribution in [0, 0.1) is 5.92 Å². The molecule has 1 heterocycles. The summed E-state index contributed by atoms with van der Waals surface area (Å²) in [6.07, 6.45) is 0.795. The summed E-state index contributed by atoms with van der Waals surface area (Å²) in [5.74, 6) is -1.05. The second kappa shape index (κ2) is 7.29. The maximum atomic E-state index is 12.6. The van der Waals surface area contributed by atoms with E-state index in [0.29, 0.717) is 10.6 Å². The highest BCUT2D eigenvalue weighted by molar-refractivity contribution is 9.10. The number of amides is 1. The highest BCUT2D eigenvalue weighted by Crippen LogP contribution is 2.48. The zero-order valence-electron chi connectivity index (χ0n) is 14.2. The molecule has 27 heavy (non-hydrogen) atoms. The average Bonchev–Trinajstić information content (AvgIpc) is 3.37. The van der Waals surface area contributed by atoms with E-state index in [2.05, 4.69) is 21.2 Å². The monoisotopic (exact) mass is 441 g/mol. The van der Waals surface area contributed by atoms with E-state index in [1.165, 1.54) is 11.3 Å². The van der Waals surface area contributed by atoms with Crippen LogP contribution in [0.3, 0.4) is 0 Å². The summed E-state index contributed by atoms with van der Waals surface area (Å²) in [5.41, 5.74) is 2.72. The average molecular weight is 442 g/mol. The Morgan fingerprint density at radius 1 is 1.07 bits per heavy atom. The highest BCUT2D eigenvalue weighted by Gasteiger charge is 2.44. The summed E-state index contributed by atoms with van der Waals surface area (Å²) in [6.45, 7) is 0. The summed E-state index contributed by atoms with van der Waals surface area (Å²) >= 11 is 4.63. The second-order valence-corrected chi connectivity index (χ2v) is 8.31. The van der Waals surface area contributed by atoms with Gasteiger partial charge in [0.05, 0.1) is 0 Å². The fourth-order valence-electron chi connectivity index (χ4n) is 3.26. The van der Waals surface area contributed by atoms with Crippen molar-refractivity contribution >= 4 is 44.1 Å². The summed E-state index contributed by atoms with van der Waals surface area (Å²) in [6, 6.07) is 17.4. The third kappa shape index (κ3) is 3.68. The molecule has 2 aromatic carbocycles. The number of hydrogen-bond acceptors (Lipinski definition) is 3. The van der Waals surface area contributed by atoms with Crippen molar-refractivity contribution in [2.75, 3.05) is 5.32 Å². The SMILES string of the molecule is O=C(O)c1c(-c2ccc(Br)cc2)csc1NC(=O)C1CC1c1ccccc1. The molecular weight excluding hydrogens is 426 g/mol. The molecule has 1 amide bonds. The van der Waals surface area contributed by atoms with Crippen molar-refractivity contribution in [1.29, 1.82) is 0 Å². The van der Waals surface area contributed by atoms with Crippen molar-refractivity contribution in [3.63, 3.8) is 0 Å². The van der Waals surface area contributed by atoms with Gasteiger partial charge in [0.2, 0.25) is 5.91 Å². The number of carboxylic acids is 1. The third-order valence-electron chi connectivity index (χ3n) is 4.75. The molecule has 1 aliphatic carbocycles. The lowest BCUT2D eigenvalue weighted by molar-refractivity contribution is -0.117. The lowest BCUT2D eigenvalue weighted by atomic mass is 10.0. The first-order chi connectivity index (χ1) is 13.0. The number of carbonyl (C=O) groups is 2. The van der Waals surface area contributed by atoms with E-state index in [4.69, 9.17) is 0 Å². The number of carbonyl (C=O) groups excluding carboxylic acids is 1. The molecule has 4 nitrogen and oxygen atoms in total. The zero-order valence-corrected chi connectivity index (χ0v) is 16.6. The van der Waals surface area contributed by atoms with Crippen LogP contribution in [-0.2, 0) is 4.79 Å². The number of aromatic carboxylic acids is 1. The summed E-state index contributed by atoms with van der Waals surface area (Å²) < 4.78 is 0.924. The van der Waals surface area contributed by atoms with Gasteiger partial charge >= 0.3 is 5.97 Å². The lowest BCUT2D eigenvalue weighted by Crippen LogP contribution is -2.15. The molecule has 2 atom stereocenters. The van der Waals surface area contributed by atoms with Crippen molar-refractivity contribution in [2.24, 2.45) is 5.92 Å². The Morgan fingerprint density at radius 2 is 1.78 bits per heavy atom. The van der Waals surface area contributed by atoms with Gasteiger partial charge in [-0.05, 0) is 35.6 Å². The number of thiophene rings is 1. The van der Waals surface area contributed by atoms with Gasteiger partial charge in [0.1, 0.15) is 10.6 Å². The minimum absolute atomic E-state index is 0.104. The molecule has 1 fully saturated rings. The van der Waals surface area contributed by atoms with E-state index >= 15 is 0 Å². The third-order valence-corrected chi connectivity index (χ3v) is 6.18. The summed E-state index contributed by atoms with van der Waals surface area (Å²) in [5, 5.41) is 14.7. The minimum Gasteiger partial charge on any atom is -0.478 e. The smallest absolute Gasteiger partial charge is 0.339 e. The van der Waals surface area contributed by atoms with E-state index in [1.54, 1.807) is 5.38 Å². The van der Waals surface area contributed by atoms with E-state index < -0.39 is 5.97 Å². The topological polar surface area (TPSA) is 66.4 Å². The van der Waals surface area contributed by atoms with E-state index in [0.717, 1.165) is 22.0 Å². The van der Waals surface area contributed by atoms with Crippen LogP contribution in [0.2, 0.25) is 0 Å². The first kappa shape index (κ1) is 17.9. The van der Waals surface area contributed by atoms with Gasteiger partial charge in [-0.15, -0.1) is 11.3 Å². The Bertz CT molecular complexity index is 998. The van der Waals surface area contributed by atoms with E-state index in [1.807, 2.05) is 54.6 Å². The molecular formula is C21H16BrNO3S. The predicted molar refractivity (Wildman–Crippen MR) is 110 cm³/mol. The highest BCUT2D eigenvalue weighted by atomic mass is 79.9. The normalized spacial score (nSPS) is 18.1. The quantitative estimate of drug-likeness (QED) is 0.539. The van der Waals surface area contributed by atoms with Crippen LogP contribution in [0.4, 0.5) is 5.00 Å². The molecule has 2 N–H and O–H groups in total. The van der Waals surface area contributed by atoms with Gasteiger partial charge in [-0.2, -0.15) is 0 Å². The largest absolute Gasteiger partial charge is 0.478 e. The van der Waals surface area contributed by atoms with E-state index in [9.17, 15) is 14.7 Å². The van der Waals surface area contributed by atoms with Crippen molar-refractivity contribution in [3.05, 3.63) is 75.6 Å². The fraction of sp³-hybridized carbons (Fsp3) is 0.143. The Labute approximate surface area is 169 Å². The molecule has 4 rings (SSSR count). The Kier molecular flexibility index (Phi) is 4.85. The first-order valence-corrected chi connectivity index (χ1v) is 10.2. The minimum atomic E-state index is -1.04. The molecule has 1 saturated carbocycles. The molecule has 6 heteroatoms. The van der Waals surface area contributed by atoms with Crippen molar-refractivity contribution < 1.29 is 14.7 Å². The molecule has 0 spiro atoms. The van der Waals surface area contributed by atoms with Gasteiger partial charge in [0, 0.05) is 21.3 Å². The molecule has 0 aliphatic heterocycles. The molecule has 136 valence electrons. The zero-order chi connectivity index (χ0) is 19.0. The van der Waals surface area contributed by atoms with Gasteiger partial charge < -0.3 is 10.4 Å². The fourth-order valence-corrected chi connectivity index (χ4v) is 4.49. The second-order valence-electron chi connectivity index (χ2n) is 6.51. The number of benzene rings is 2. The first-order valence-electron chi connectivity index (χ1n) is 8.51. The van der Waals surface area contributed by atoms with Crippen molar-refractivity contribution in [3.8, 4) is 11.1 Å². The van der Waals surface area contributed by atoms with Crippen LogP contribution in [0.5, 0.6) is 0 Å². The number of anilines is 1. The molecule has 2 unspecified atom stereocenters. The number of nitrogens with one attached hydrogen (secondary N) is 1. The Morgan fingerprint density at radius 3 is 2.44 bits per heavy atom. The number of rotatable bonds is 5. The van der Waals surface area contributed by atoms with Crippen molar-refractivity contribution in [2.45, 2.75) is 12.3 Å². The number of hydrogen-bond donors (Lipinski definition) is 2. The Hall–Kier alpha value is -2.44. The maximum Gasteiger partial charge on any atom is 0.339 e. The number of halogens is 1. The maximum absolute atomic E-state index is 12.6. The van der Waals surface area contributed by atoms with E-state index in [-0.39, 0.29) is 23.3 Å². The van der Waals surface area contributed by atoms with Crippen LogP contribution in [0.15, 0.2) is 64.5 Å². The van der Waals surface area contributed by atoms with Crippen molar-refractivity contribution in [1.82, 2.24) is 0 Å². The Balaban J connectivity index is 1.55. The van der Waals surface area contributed by atoms with Gasteiger partial charge in [0.15, 0.2) is 0 Å². The van der Waals surface area contributed by atoms with Gasteiger partial charge in [0.25, 0.3) is 0 Å². The standard InChI is InChI=1S/C21H16BrNO3S/c22-14-8-6-13(7-9-14)17-11-27-20(18(17)21(25)26)23-19(24)16-10-15(16)12-4-2-1-3-5-12/h1-9,11,15-16H,10H2,(H,23,24)(H,25,26). The van der Waals surface area contributed by atoms with Crippen LogP contribution < -0.4 is 5.32 Å². The molecule has 3 aromatic rings. The molecule has 0 saturated heterocycles. The van der Waals surface area contributed by atoms with Crippen LogP contribution >= 0.6 is 27.3 Å². The van der Waals surface area contributed by atoms with Gasteiger partial charge in [-0.1, -0.05) is 58.4 Å². The molecule has 1 aromatic heterocycles. The van der Waals surface area contributed by atoms with Gasteiger partial charge in [-0.3, -0.25) is 4.79 Å². The van der Waals surface area contributed by atoms with Crippen LogP contribution in [0.25, 0.3) is 11.1 Å². The molecule has 0 bridgehead atoms. The molecule has 0 radical (unpaired) electrons. The number of carboxylic acid groups (broad SMARTS) is 1. The summed E-state index contributed by atoms with van der Waals surface area (Å²) in [4.78, 5) is 24.5. The predicted octanol–water partition coefficient (Wildman–Crippen LogP) is 5.62. The van der Waals surface area contributed by atoms with Crippen LogP contribution in [-0.4, -0.2) is 17.0 Å². The lowest BCUT2D eigenvalue weighted by Gasteiger charge is -2.06.